The van der Waals surface area contributed by atoms with Crippen molar-refractivity contribution in [3.63, 3.8) is 0 Å². The molecule has 0 aromatic carbocycles. The van der Waals surface area contributed by atoms with E-state index in [4.69, 9.17) is 0 Å². The summed E-state index contributed by atoms with van der Waals surface area (Å²) in [5.41, 5.74) is -0.495. The number of nitrogens with one attached hydrogen (secondary N) is 3. The molecule has 0 aliphatic carbocycles. The molecule has 4 N–H and O–H groups in total. The van der Waals surface area contributed by atoms with E-state index in [2.05, 4.69) is 30.9 Å². The second kappa shape index (κ2) is 9.39. The molecule has 14 heteroatoms. The van der Waals surface area contributed by atoms with Crippen molar-refractivity contribution in [3.05, 3.63) is 35.2 Å². The van der Waals surface area contributed by atoms with E-state index in [9.17, 15) is 31.9 Å². The Bertz CT molecular complexity index is 1150. The lowest BCUT2D eigenvalue weighted by atomic mass is 10.0. The Morgan fingerprint density at radius 2 is 1.97 bits per heavy atom. The van der Waals surface area contributed by atoms with Gasteiger partial charge in [-0.1, -0.05) is 0 Å². The van der Waals surface area contributed by atoms with E-state index >= 15 is 0 Å². The smallest absolute Gasteiger partial charge is 0.387 e. The molecule has 3 aromatic rings. The Balaban J connectivity index is 1.85. The van der Waals surface area contributed by atoms with Crippen LogP contribution in [0.2, 0.25) is 0 Å². The van der Waals surface area contributed by atoms with Crippen LogP contribution in [0.3, 0.4) is 0 Å². The first-order valence-corrected chi connectivity index (χ1v) is 10.3. The third kappa shape index (κ3) is 6.44. The van der Waals surface area contributed by atoms with Gasteiger partial charge in [0.1, 0.15) is 28.9 Å². The van der Waals surface area contributed by atoms with Crippen LogP contribution in [0.15, 0.2) is 23.8 Å². The highest BCUT2D eigenvalue weighted by Crippen LogP contribution is 2.26. The van der Waals surface area contributed by atoms with Crippen LogP contribution >= 0.6 is 11.3 Å². The molecule has 0 spiro atoms. The van der Waals surface area contributed by atoms with Crippen LogP contribution in [0.5, 0.6) is 0 Å². The van der Waals surface area contributed by atoms with E-state index in [-0.39, 0.29) is 22.9 Å². The summed E-state index contributed by atoms with van der Waals surface area (Å²) in [6, 6.07) is 2.21. The Morgan fingerprint density at radius 3 is 2.64 bits per heavy atom. The lowest BCUT2D eigenvalue weighted by Crippen LogP contribution is -2.42. The van der Waals surface area contributed by atoms with Gasteiger partial charge < -0.3 is 21.1 Å². The monoisotopic (exact) mass is 490 g/mol. The lowest BCUT2D eigenvalue weighted by Gasteiger charge is -2.22. The zero-order valence-corrected chi connectivity index (χ0v) is 18.1. The van der Waals surface area contributed by atoms with Gasteiger partial charge in [0.05, 0.1) is 28.9 Å². The third-order valence-corrected chi connectivity index (χ3v) is 5.10. The van der Waals surface area contributed by atoms with E-state index < -0.39 is 42.8 Å². The van der Waals surface area contributed by atoms with E-state index in [1.165, 1.54) is 19.4 Å². The zero-order valence-electron chi connectivity index (χ0n) is 17.3. The molecular weight excluding hydrogens is 471 g/mol. The van der Waals surface area contributed by atoms with E-state index in [1.54, 1.807) is 0 Å². The summed E-state index contributed by atoms with van der Waals surface area (Å²) in [7, 11) is 0. The Labute approximate surface area is 188 Å². The van der Waals surface area contributed by atoms with Crippen LogP contribution in [0, 0.1) is 5.82 Å². The van der Waals surface area contributed by atoms with Gasteiger partial charge in [-0.25, -0.2) is 23.7 Å². The van der Waals surface area contributed by atoms with Gasteiger partial charge in [0.2, 0.25) is 0 Å². The lowest BCUT2D eigenvalue weighted by molar-refractivity contribution is -0.115. The number of aromatic nitrogens is 3. The molecule has 3 rings (SSSR count). The molecule has 0 saturated carbocycles. The molecule has 0 radical (unpaired) electrons. The van der Waals surface area contributed by atoms with Crippen LogP contribution in [0.4, 0.5) is 39.3 Å². The summed E-state index contributed by atoms with van der Waals surface area (Å²) in [5, 5.41) is 16.5. The molecule has 3 aromatic heterocycles. The molecule has 178 valence electrons. The number of amides is 1. The van der Waals surface area contributed by atoms with Crippen molar-refractivity contribution in [2.75, 3.05) is 23.7 Å². The Kier molecular flexibility index (Phi) is 6.97. The van der Waals surface area contributed by atoms with Crippen molar-refractivity contribution in [2.24, 2.45) is 0 Å². The maximum atomic E-state index is 14.3. The number of fused-ring (bicyclic) bond motifs is 1. The van der Waals surface area contributed by atoms with Crippen molar-refractivity contribution in [3.8, 4) is 0 Å². The average molecular weight is 490 g/mol. The van der Waals surface area contributed by atoms with Crippen LogP contribution in [-0.4, -0.2) is 57.0 Å². The maximum absolute atomic E-state index is 14.3. The van der Waals surface area contributed by atoms with Gasteiger partial charge in [-0.15, -0.1) is 11.3 Å². The summed E-state index contributed by atoms with van der Waals surface area (Å²) >= 11 is 1.16. The van der Waals surface area contributed by atoms with Crippen molar-refractivity contribution in [1.29, 1.82) is 0 Å². The summed E-state index contributed by atoms with van der Waals surface area (Å²) in [6.07, 6.45) is -5.46. The number of carbonyl (C=O) groups excluding carboxylic acids is 1. The van der Waals surface area contributed by atoms with Crippen LogP contribution in [0.1, 0.15) is 24.2 Å². The van der Waals surface area contributed by atoms with Gasteiger partial charge in [-0.3, -0.25) is 4.79 Å². The number of halogens is 5. The maximum Gasteiger partial charge on any atom is 0.405 e. The fourth-order valence-electron chi connectivity index (χ4n) is 2.56. The fourth-order valence-corrected chi connectivity index (χ4v) is 3.20. The number of hydrogen-bond acceptors (Lipinski definition) is 8. The van der Waals surface area contributed by atoms with E-state index in [0.29, 0.717) is 10.3 Å². The topological polar surface area (TPSA) is 112 Å². The van der Waals surface area contributed by atoms with Gasteiger partial charge in [0.15, 0.2) is 11.6 Å². The first kappa shape index (κ1) is 24.5. The highest BCUT2D eigenvalue weighted by molar-refractivity contribution is 7.16. The number of rotatable bonds is 8. The summed E-state index contributed by atoms with van der Waals surface area (Å²) in [5.74, 6) is -2.00. The van der Waals surface area contributed by atoms with Crippen LogP contribution in [-0.2, 0) is 0 Å². The van der Waals surface area contributed by atoms with Crippen molar-refractivity contribution in [2.45, 2.75) is 31.8 Å². The minimum Gasteiger partial charge on any atom is -0.387 e. The SMILES string of the molecule is CC(C)(O)C(F)CNC(=O)c1cnc(Nc2nc3scnc3cc2F)cc1NCC(F)(F)F. The number of thiazole rings is 1. The molecule has 0 aliphatic rings. The zero-order chi connectivity index (χ0) is 24.4. The van der Waals surface area contributed by atoms with Crippen molar-refractivity contribution < 1.29 is 31.9 Å². The van der Waals surface area contributed by atoms with Gasteiger partial charge in [0.25, 0.3) is 5.91 Å². The molecule has 8 nitrogen and oxygen atoms in total. The molecule has 3 heterocycles. The number of carbonyl (C=O) groups is 1. The van der Waals surface area contributed by atoms with E-state index in [0.717, 1.165) is 29.7 Å². The standard InChI is InChI=1S/C19H19F5N6O2S/c1-18(2,32)13(21)6-26-16(31)9-5-25-14(4-11(9)27-7-19(22,23)24)29-15-10(20)3-12-17(30-15)33-8-28-12/h3-5,8,13,32H,6-7H2,1-2H3,(H,26,31)(H2,25,27,29,30). The molecule has 0 saturated heterocycles. The Morgan fingerprint density at radius 1 is 1.24 bits per heavy atom. The summed E-state index contributed by atoms with van der Waals surface area (Å²) in [4.78, 5) is 24.8. The molecule has 1 atom stereocenters. The van der Waals surface area contributed by atoms with Crippen molar-refractivity contribution >= 4 is 44.9 Å². The van der Waals surface area contributed by atoms with Crippen LogP contribution in [0.25, 0.3) is 10.3 Å². The largest absolute Gasteiger partial charge is 0.405 e. The minimum atomic E-state index is -4.60. The van der Waals surface area contributed by atoms with Gasteiger partial charge >= 0.3 is 6.18 Å². The van der Waals surface area contributed by atoms with Crippen molar-refractivity contribution in [1.82, 2.24) is 20.3 Å². The number of pyridine rings is 2. The number of aliphatic hydroxyl groups is 1. The third-order valence-electron chi connectivity index (χ3n) is 4.36. The highest BCUT2D eigenvalue weighted by Gasteiger charge is 2.29. The molecule has 0 fully saturated rings. The second-order valence-corrected chi connectivity index (χ2v) is 8.37. The first-order valence-electron chi connectivity index (χ1n) is 9.45. The predicted molar refractivity (Wildman–Crippen MR) is 113 cm³/mol. The molecular formula is C19H19F5N6O2S. The number of hydrogen-bond donors (Lipinski definition) is 4. The summed E-state index contributed by atoms with van der Waals surface area (Å²) in [6.45, 7) is 0.370. The first-order chi connectivity index (χ1) is 15.3. The normalized spacial score (nSPS) is 13.1. The number of alkyl halides is 4. The Hall–Kier alpha value is -3.13. The second-order valence-electron chi connectivity index (χ2n) is 7.54. The fraction of sp³-hybridized carbons (Fsp3) is 0.368. The highest BCUT2D eigenvalue weighted by atomic mass is 32.1. The minimum absolute atomic E-state index is 0.0913. The predicted octanol–water partition coefficient (Wildman–Crippen LogP) is 3.78. The van der Waals surface area contributed by atoms with Gasteiger partial charge in [-0.05, 0) is 13.8 Å². The average Bonchev–Trinajstić information content (AvgIpc) is 3.16. The molecule has 33 heavy (non-hydrogen) atoms. The molecule has 0 bridgehead atoms. The molecule has 1 unspecified atom stereocenters. The molecule has 1 amide bonds. The van der Waals surface area contributed by atoms with E-state index in [1.807, 2.05) is 0 Å². The number of anilines is 3. The summed E-state index contributed by atoms with van der Waals surface area (Å²) < 4.78 is 66.4. The number of nitrogens with zero attached hydrogens (tertiary/aromatic N) is 3. The molecule has 0 aliphatic heterocycles. The quantitative estimate of drug-likeness (QED) is 0.356. The van der Waals surface area contributed by atoms with Gasteiger partial charge in [-0.2, -0.15) is 13.2 Å². The van der Waals surface area contributed by atoms with Crippen LogP contribution < -0.4 is 16.0 Å². The van der Waals surface area contributed by atoms with Gasteiger partial charge in [0, 0.05) is 18.3 Å².